The van der Waals surface area contributed by atoms with E-state index in [0.717, 1.165) is 26.5 Å². The zero-order valence-electron chi connectivity index (χ0n) is 44.2. The molecule has 51 heavy (non-hydrogen) atoms. The summed E-state index contributed by atoms with van der Waals surface area (Å²) in [7, 11) is 0. The summed E-state index contributed by atoms with van der Waals surface area (Å²) >= 11 is 0. The highest BCUT2D eigenvalue weighted by Crippen LogP contribution is 2.38. The molecule has 11 rings (SSSR count). The molecule has 0 unspecified atom stereocenters. The van der Waals surface area contributed by atoms with E-state index in [1.165, 1.54) is 4.57 Å². The number of rotatable bonds is 4. The number of hydrogen-bond donors (Lipinski definition) is 0. The minimum absolute atomic E-state index is 0.101. The first kappa shape index (κ1) is 15.8. The average molecular weight is 669 g/mol. The van der Waals surface area contributed by atoms with E-state index < -0.39 is 137 Å². The van der Waals surface area contributed by atoms with Gasteiger partial charge in [0.1, 0.15) is 5.82 Å². The van der Waals surface area contributed by atoms with Crippen LogP contribution in [0.1, 0.15) is 24.7 Å². The van der Waals surface area contributed by atoms with Gasteiger partial charge < -0.3 is 9.13 Å². The average Bonchev–Trinajstić information content (AvgIpc) is 4.01. The maximum absolute atomic E-state index is 9.79. The molecule has 4 heterocycles. The lowest BCUT2D eigenvalue weighted by Gasteiger charge is -2.12. The van der Waals surface area contributed by atoms with E-state index in [0.29, 0.717) is 11.2 Å². The minimum atomic E-state index is -0.799. The molecular formula is C47H30N4. The zero-order valence-corrected chi connectivity index (χ0v) is 26.2. The van der Waals surface area contributed by atoms with E-state index >= 15 is 0 Å². The summed E-state index contributed by atoms with van der Waals surface area (Å²) < 4.78 is 166. The first-order valence-corrected chi connectivity index (χ1v) is 15.9. The molecule has 0 N–H and O–H groups in total. The molecule has 11 aromatic rings. The Balaban J connectivity index is 1.33. The Labute approximate surface area is 319 Å². The summed E-state index contributed by atoms with van der Waals surface area (Å²) in [5.41, 5.74) is 0.158. The van der Waals surface area contributed by atoms with Crippen molar-refractivity contribution in [3.05, 3.63) is 182 Å². The van der Waals surface area contributed by atoms with Crippen LogP contribution in [0.15, 0.2) is 182 Å². The molecule has 0 radical (unpaired) electrons. The van der Waals surface area contributed by atoms with Crippen LogP contribution < -0.4 is 0 Å². The summed E-state index contributed by atoms with van der Waals surface area (Å²) in [6, 6.07) is 9.97. The van der Waals surface area contributed by atoms with E-state index in [1.807, 2.05) is 71.3 Å². The molecule has 4 nitrogen and oxygen atoms in total. The molecule has 0 spiro atoms. The third-order valence-corrected chi connectivity index (χ3v) is 9.14. The number of aromatic nitrogens is 4. The van der Waals surface area contributed by atoms with Crippen LogP contribution in [0.4, 0.5) is 0 Å². The van der Waals surface area contributed by atoms with Crippen molar-refractivity contribution in [3.63, 3.8) is 0 Å². The van der Waals surface area contributed by atoms with Crippen molar-refractivity contribution >= 4 is 65.5 Å². The fourth-order valence-corrected chi connectivity index (χ4v) is 6.99. The zero-order chi connectivity index (χ0) is 49.1. The van der Waals surface area contributed by atoms with Crippen LogP contribution in [0.25, 0.3) is 93.9 Å². The summed E-state index contributed by atoms with van der Waals surface area (Å²) in [6.45, 7) is 0. The summed E-state index contributed by atoms with van der Waals surface area (Å²) in [6.07, 6.45) is 0. The number of para-hydroxylation sites is 4. The van der Waals surface area contributed by atoms with Crippen LogP contribution in [0.3, 0.4) is 0 Å². The van der Waals surface area contributed by atoms with Gasteiger partial charge in [0.25, 0.3) is 0 Å². The lowest BCUT2D eigenvalue weighted by Crippen LogP contribution is -1.99. The SMILES string of the molecule is [2H]c1c([2H])c([2H])c(-c2c([2H])c([2H])c3c4c([2H])c([2H])c([2H])c([2H])c4n(-c4nc5c6c([2H])c([2H])c([2H])c([2H])c6n(-c6ccc7c8ccccc8n(-c8ccccc8)c7c6)c5c([2H])c4[2H])c3c2[2H])c([2H])c1[2H]. The third kappa shape index (κ3) is 4.11. The largest absolute Gasteiger partial charge is 0.309 e. The second-order valence-electron chi connectivity index (χ2n) is 11.9. The van der Waals surface area contributed by atoms with E-state index in [9.17, 15) is 9.60 Å². The second-order valence-corrected chi connectivity index (χ2v) is 11.9. The monoisotopic (exact) mass is 668 g/mol. The molecule has 0 saturated heterocycles. The van der Waals surface area contributed by atoms with E-state index in [4.69, 9.17) is 20.1 Å². The van der Waals surface area contributed by atoms with Gasteiger partial charge in [0.2, 0.25) is 0 Å². The van der Waals surface area contributed by atoms with Crippen LogP contribution in [0.5, 0.6) is 0 Å². The quantitative estimate of drug-likeness (QED) is 0.183. The van der Waals surface area contributed by atoms with Gasteiger partial charge in [-0.3, -0.25) is 4.57 Å². The Bertz CT molecular complexity index is 4150. The fraction of sp³-hybridized carbons (Fsp3) is 0. The summed E-state index contributed by atoms with van der Waals surface area (Å²) in [5.74, 6) is -0.568. The van der Waals surface area contributed by atoms with Crippen molar-refractivity contribution in [2.45, 2.75) is 0 Å². The molecule has 0 aliphatic carbocycles. The Morgan fingerprint density at radius 3 is 1.94 bits per heavy atom. The number of pyridine rings is 1. The minimum Gasteiger partial charge on any atom is -0.309 e. The van der Waals surface area contributed by atoms with Gasteiger partial charge in [0.15, 0.2) is 0 Å². The maximum Gasteiger partial charge on any atom is 0.138 e. The molecule has 7 aromatic carbocycles. The Morgan fingerprint density at radius 1 is 0.392 bits per heavy atom. The lowest BCUT2D eigenvalue weighted by molar-refractivity contribution is 1.10. The molecule has 0 aliphatic heterocycles. The van der Waals surface area contributed by atoms with Crippen LogP contribution in [-0.4, -0.2) is 18.7 Å². The van der Waals surface area contributed by atoms with Crippen LogP contribution in [0.2, 0.25) is 0 Å². The first-order valence-electron chi connectivity index (χ1n) is 24.9. The molecule has 0 bridgehead atoms. The Kier molecular flexibility index (Phi) is 3.33. The van der Waals surface area contributed by atoms with Crippen LogP contribution in [0, 0.1) is 0 Å². The van der Waals surface area contributed by atoms with Gasteiger partial charge in [-0.1, -0.05) is 121 Å². The van der Waals surface area contributed by atoms with E-state index in [-0.39, 0.29) is 32.7 Å². The number of nitrogens with zero attached hydrogens (tertiary/aromatic N) is 4. The molecule has 0 fully saturated rings. The normalized spacial score (nSPS) is 16.9. The van der Waals surface area contributed by atoms with Crippen molar-refractivity contribution in [3.8, 4) is 28.3 Å². The van der Waals surface area contributed by atoms with Gasteiger partial charge in [0, 0.05) is 38.3 Å². The molecule has 4 aromatic heterocycles. The molecule has 0 saturated carbocycles. The molecular weight excluding hydrogens is 621 g/mol. The van der Waals surface area contributed by atoms with E-state index in [2.05, 4.69) is 0 Å². The highest BCUT2D eigenvalue weighted by Gasteiger charge is 2.19. The molecule has 0 aliphatic rings. The van der Waals surface area contributed by atoms with Crippen molar-refractivity contribution in [2.24, 2.45) is 0 Å². The standard InChI is InChI=1S/C47H30N4/c1-3-13-31(14-4-1)32-23-25-37-36-18-8-11-21-41(36)51(44(37)29-32)46-28-27-43-47(48-46)39-19-9-12-22-42(39)50(43)34-24-26-38-35-17-7-10-20-40(35)49(45(38)30-34)33-15-5-2-6-16-33/h1-30H/i1D,3D,4D,8D,9D,11D,12D,13D,14D,18D,19D,21D,22D,23D,25D,27D,28D,29D. The van der Waals surface area contributed by atoms with Crippen molar-refractivity contribution < 1.29 is 24.7 Å². The molecule has 0 amide bonds. The maximum atomic E-state index is 9.79. The topological polar surface area (TPSA) is 27.7 Å². The molecule has 0 atom stereocenters. The van der Waals surface area contributed by atoms with Crippen molar-refractivity contribution in [1.29, 1.82) is 0 Å². The smallest absolute Gasteiger partial charge is 0.138 e. The van der Waals surface area contributed by atoms with Crippen LogP contribution in [-0.2, 0) is 0 Å². The first-order chi connectivity index (χ1) is 32.8. The van der Waals surface area contributed by atoms with Crippen LogP contribution >= 0.6 is 0 Å². The number of hydrogen-bond acceptors (Lipinski definition) is 1. The van der Waals surface area contributed by atoms with Gasteiger partial charge in [-0.15, -0.1) is 0 Å². The summed E-state index contributed by atoms with van der Waals surface area (Å²) in [4.78, 5) is 4.86. The molecule has 238 valence electrons. The van der Waals surface area contributed by atoms with Gasteiger partial charge >= 0.3 is 0 Å². The third-order valence-electron chi connectivity index (χ3n) is 9.14. The lowest BCUT2D eigenvalue weighted by atomic mass is 10.0. The number of fused-ring (bicyclic) bond motifs is 9. The highest BCUT2D eigenvalue weighted by molar-refractivity contribution is 6.12. The van der Waals surface area contributed by atoms with Crippen molar-refractivity contribution in [1.82, 2.24) is 18.7 Å². The molecule has 4 heteroatoms. The predicted octanol–water partition coefficient (Wildman–Crippen LogP) is 12.0. The van der Waals surface area contributed by atoms with Gasteiger partial charge in [0.05, 0.1) is 63.3 Å². The second kappa shape index (κ2) is 10.8. The van der Waals surface area contributed by atoms with E-state index in [1.54, 1.807) is 6.07 Å². The number of benzene rings is 7. The predicted molar refractivity (Wildman–Crippen MR) is 213 cm³/mol. The van der Waals surface area contributed by atoms with Gasteiger partial charge in [-0.25, -0.2) is 4.98 Å². The Morgan fingerprint density at radius 2 is 1.08 bits per heavy atom. The Hall–Kier alpha value is -6.91. The van der Waals surface area contributed by atoms with Gasteiger partial charge in [-0.2, -0.15) is 0 Å². The van der Waals surface area contributed by atoms with Gasteiger partial charge in [-0.05, 0) is 71.7 Å². The highest BCUT2D eigenvalue weighted by atomic mass is 15.1. The summed E-state index contributed by atoms with van der Waals surface area (Å²) in [5, 5.41) is 0.854. The van der Waals surface area contributed by atoms with Crippen molar-refractivity contribution in [2.75, 3.05) is 0 Å². The fourth-order valence-electron chi connectivity index (χ4n) is 6.99.